The van der Waals surface area contributed by atoms with Gasteiger partial charge in [-0.3, -0.25) is 10.2 Å². The molecule has 36 heavy (non-hydrogen) atoms. The number of hydrogen-bond donors (Lipinski definition) is 4. The second-order valence-corrected chi connectivity index (χ2v) is 9.27. The summed E-state index contributed by atoms with van der Waals surface area (Å²) in [4.78, 5) is 15.4. The van der Waals surface area contributed by atoms with Gasteiger partial charge in [-0.15, -0.1) is 0 Å². The molecule has 1 atom stereocenters. The normalized spacial score (nSPS) is 15.3. The molecule has 3 aromatic rings. The molecule has 0 aliphatic carbocycles. The number of aliphatic hydroxyl groups excluding tert-OH is 1. The fraction of sp³-hybridized carbons (Fsp3) is 0.310. The van der Waals surface area contributed by atoms with E-state index in [1.807, 2.05) is 54.6 Å². The number of likely N-dealkylation sites (tertiary alicyclic amines) is 1. The Hall–Kier alpha value is -3.68. The molecule has 188 valence electrons. The van der Waals surface area contributed by atoms with Crippen LogP contribution in [0.25, 0.3) is 0 Å². The first-order chi connectivity index (χ1) is 17.4. The highest BCUT2D eigenvalue weighted by Gasteiger charge is 2.19. The lowest BCUT2D eigenvalue weighted by molar-refractivity contribution is 0.0930. The van der Waals surface area contributed by atoms with Gasteiger partial charge in [-0.25, -0.2) is 0 Å². The number of rotatable bonds is 9. The molecule has 1 amide bonds. The first-order valence-electron chi connectivity index (χ1n) is 12.4. The van der Waals surface area contributed by atoms with Crippen molar-refractivity contribution in [3.8, 4) is 5.75 Å². The number of anilines is 1. The van der Waals surface area contributed by atoms with Gasteiger partial charge in [-0.1, -0.05) is 30.3 Å². The molecule has 1 aliphatic rings. The van der Waals surface area contributed by atoms with Crippen LogP contribution in [0, 0.1) is 5.41 Å². The van der Waals surface area contributed by atoms with Crippen molar-refractivity contribution in [3.63, 3.8) is 0 Å². The van der Waals surface area contributed by atoms with Crippen LogP contribution in [0.4, 0.5) is 5.69 Å². The lowest BCUT2D eigenvalue weighted by atomic mass is 9.98. The zero-order valence-electron chi connectivity index (χ0n) is 20.6. The summed E-state index contributed by atoms with van der Waals surface area (Å²) in [5.74, 6) is 0.506. The summed E-state index contributed by atoms with van der Waals surface area (Å²) in [5, 5.41) is 21.2. The number of aliphatic hydroxyl groups is 1. The number of ether oxygens (including phenoxy) is 1. The van der Waals surface area contributed by atoms with Gasteiger partial charge in [-0.05, 0) is 74.3 Å². The fourth-order valence-electron chi connectivity index (χ4n) is 4.44. The Balaban J connectivity index is 1.46. The molecule has 5 N–H and O–H groups in total. The first kappa shape index (κ1) is 25.4. The topological polar surface area (TPSA) is 112 Å². The van der Waals surface area contributed by atoms with E-state index in [4.69, 9.17) is 15.9 Å². The SMILES string of the molecule is CN1CCC(Oc2ccc(C(=N)c3cc(C(=O)N[C@@H](CCO)c4ccccc4)ccc3N)cc2)CC1. The molecule has 1 fully saturated rings. The average Bonchev–Trinajstić information content (AvgIpc) is 2.90. The van der Waals surface area contributed by atoms with E-state index in [0.29, 0.717) is 28.8 Å². The minimum absolute atomic E-state index is 0.0466. The van der Waals surface area contributed by atoms with Gasteiger partial charge in [0, 0.05) is 42.1 Å². The molecule has 3 aromatic carbocycles. The number of hydrogen-bond acceptors (Lipinski definition) is 6. The van der Waals surface area contributed by atoms with Gasteiger partial charge in [0.1, 0.15) is 11.9 Å². The van der Waals surface area contributed by atoms with E-state index in [9.17, 15) is 9.90 Å². The second-order valence-electron chi connectivity index (χ2n) is 9.27. The Morgan fingerprint density at radius 3 is 2.42 bits per heavy atom. The van der Waals surface area contributed by atoms with Crippen LogP contribution in [0.2, 0.25) is 0 Å². The number of nitrogens with two attached hydrogens (primary N) is 1. The smallest absolute Gasteiger partial charge is 0.251 e. The number of carbonyl (C=O) groups is 1. The van der Waals surface area contributed by atoms with Crippen LogP contribution in [0.1, 0.15) is 52.4 Å². The number of nitrogen functional groups attached to an aromatic ring is 1. The molecular formula is C29H34N4O3. The van der Waals surface area contributed by atoms with Crippen molar-refractivity contribution in [2.75, 3.05) is 32.5 Å². The Morgan fingerprint density at radius 2 is 1.75 bits per heavy atom. The Morgan fingerprint density at radius 1 is 1.08 bits per heavy atom. The third-order valence-electron chi connectivity index (χ3n) is 6.62. The molecule has 0 bridgehead atoms. The van der Waals surface area contributed by atoms with E-state index in [-0.39, 0.29) is 30.4 Å². The number of nitrogens with one attached hydrogen (secondary N) is 2. The van der Waals surface area contributed by atoms with E-state index in [1.165, 1.54) is 0 Å². The van der Waals surface area contributed by atoms with E-state index in [2.05, 4.69) is 17.3 Å². The van der Waals surface area contributed by atoms with Crippen LogP contribution in [-0.4, -0.2) is 54.5 Å². The number of amides is 1. The van der Waals surface area contributed by atoms with Gasteiger partial charge < -0.3 is 25.8 Å². The highest BCUT2D eigenvalue weighted by Crippen LogP contribution is 2.24. The minimum Gasteiger partial charge on any atom is -0.490 e. The molecular weight excluding hydrogens is 452 g/mol. The standard InChI is InChI=1S/C29H34N4O3/c1-33-16-13-24(14-17-33)36-23-10-7-21(8-11-23)28(31)25-19-22(9-12-26(25)30)29(35)32-27(15-18-34)20-5-3-2-4-6-20/h2-12,19,24,27,31,34H,13-18,30H2,1H3,(H,32,35)/t27-/m0/s1. The zero-order chi connectivity index (χ0) is 25.5. The lowest BCUT2D eigenvalue weighted by Gasteiger charge is -2.29. The van der Waals surface area contributed by atoms with Gasteiger partial charge in [0.15, 0.2) is 0 Å². The summed E-state index contributed by atoms with van der Waals surface area (Å²) >= 11 is 0. The van der Waals surface area contributed by atoms with Crippen molar-refractivity contribution in [2.24, 2.45) is 0 Å². The summed E-state index contributed by atoms with van der Waals surface area (Å²) in [5.41, 5.74) is 9.38. The largest absolute Gasteiger partial charge is 0.490 e. The third kappa shape index (κ3) is 6.30. The van der Waals surface area contributed by atoms with Crippen LogP contribution in [-0.2, 0) is 0 Å². The Labute approximate surface area is 212 Å². The van der Waals surface area contributed by atoms with Crippen LogP contribution in [0.5, 0.6) is 5.75 Å². The minimum atomic E-state index is -0.318. The first-order valence-corrected chi connectivity index (χ1v) is 12.4. The predicted octanol–water partition coefficient (Wildman–Crippen LogP) is 4.01. The molecule has 0 aromatic heterocycles. The number of carbonyl (C=O) groups excluding carboxylic acids is 1. The number of nitrogens with zero attached hydrogens (tertiary/aromatic N) is 1. The molecule has 1 saturated heterocycles. The van der Waals surface area contributed by atoms with E-state index < -0.39 is 0 Å². The van der Waals surface area contributed by atoms with Crippen molar-refractivity contribution in [2.45, 2.75) is 31.4 Å². The zero-order valence-corrected chi connectivity index (χ0v) is 20.6. The highest BCUT2D eigenvalue weighted by molar-refractivity contribution is 6.14. The quantitative estimate of drug-likeness (QED) is 0.270. The second kappa shape index (κ2) is 11.8. The van der Waals surface area contributed by atoms with Crippen LogP contribution >= 0.6 is 0 Å². The van der Waals surface area contributed by atoms with Crippen molar-refractivity contribution < 1.29 is 14.6 Å². The summed E-state index contributed by atoms with van der Waals surface area (Å²) in [6.07, 6.45) is 2.62. The monoisotopic (exact) mass is 486 g/mol. The fourth-order valence-corrected chi connectivity index (χ4v) is 4.44. The number of piperidine rings is 1. The maximum Gasteiger partial charge on any atom is 0.251 e. The Kier molecular flexibility index (Phi) is 8.36. The molecule has 7 heteroatoms. The third-order valence-corrected chi connectivity index (χ3v) is 6.62. The molecule has 7 nitrogen and oxygen atoms in total. The highest BCUT2D eigenvalue weighted by atomic mass is 16.5. The molecule has 0 radical (unpaired) electrons. The average molecular weight is 487 g/mol. The van der Waals surface area contributed by atoms with Crippen molar-refractivity contribution in [1.29, 1.82) is 5.41 Å². The van der Waals surface area contributed by atoms with Gasteiger partial charge in [0.25, 0.3) is 5.91 Å². The molecule has 4 rings (SSSR count). The molecule has 0 unspecified atom stereocenters. The molecule has 0 spiro atoms. The van der Waals surface area contributed by atoms with Crippen LogP contribution in [0.15, 0.2) is 72.8 Å². The summed E-state index contributed by atoms with van der Waals surface area (Å²) in [7, 11) is 2.12. The maximum atomic E-state index is 13.1. The van der Waals surface area contributed by atoms with Crippen molar-refractivity contribution >= 4 is 17.3 Å². The van der Waals surface area contributed by atoms with Gasteiger partial charge in [0.2, 0.25) is 0 Å². The van der Waals surface area contributed by atoms with Gasteiger partial charge in [0.05, 0.1) is 11.8 Å². The lowest BCUT2D eigenvalue weighted by Crippen LogP contribution is -2.35. The molecule has 1 aliphatic heterocycles. The predicted molar refractivity (Wildman–Crippen MR) is 143 cm³/mol. The molecule has 1 heterocycles. The van der Waals surface area contributed by atoms with E-state index >= 15 is 0 Å². The van der Waals surface area contributed by atoms with Crippen LogP contribution < -0.4 is 15.8 Å². The molecule has 0 saturated carbocycles. The van der Waals surface area contributed by atoms with Crippen molar-refractivity contribution in [3.05, 3.63) is 95.1 Å². The summed E-state index contributed by atoms with van der Waals surface area (Å²) in [6, 6.07) is 21.7. The van der Waals surface area contributed by atoms with E-state index in [0.717, 1.165) is 37.2 Å². The summed E-state index contributed by atoms with van der Waals surface area (Å²) in [6.45, 7) is 2.01. The maximum absolute atomic E-state index is 13.1. The summed E-state index contributed by atoms with van der Waals surface area (Å²) < 4.78 is 6.12. The van der Waals surface area contributed by atoms with Crippen LogP contribution in [0.3, 0.4) is 0 Å². The number of benzene rings is 3. The van der Waals surface area contributed by atoms with E-state index in [1.54, 1.807) is 18.2 Å². The van der Waals surface area contributed by atoms with Gasteiger partial charge in [-0.2, -0.15) is 0 Å². The van der Waals surface area contributed by atoms with Crippen molar-refractivity contribution in [1.82, 2.24) is 10.2 Å². The van der Waals surface area contributed by atoms with Gasteiger partial charge >= 0.3 is 0 Å². The Bertz CT molecular complexity index is 1170.